The van der Waals surface area contributed by atoms with Gasteiger partial charge >= 0.3 is 12.0 Å². The molecule has 1 aliphatic rings. The van der Waals surface area contributed by atoms with Crippen molar-refractivity contribution in [2.45, 2.75) is 25.4 Å². The maximum absolute atomic E-state index is 11.8. The number of nitrogens with two attached hydrogens (primary N) is 1. The number of aliphatic carboxylic acids is 1. The van der Waals surface area contributed by atoms with Gasteiger partial charge in [0.25, 0.3) is 0 Å². The number of rotatable bonds is 3. The molecule has 1 fully saturated rings. The Morgan fingerprint density at radius 1 is 1.47 bits per heavy atom. The van der Waals surface area contributed by atoms with Gasteiger partial charge in [-0.05, 0) is 13.8 Å². The monoisotopic (exact) mass is 261 g/mol. The van der Waals surface area contributed by atoms with Gasteiger partial charge < -0.3 is 21.1 Å². The van der Waals surface area contributed by atoms with Crippen LogP contribution in [0.1, 0.15) is 13.8 Å². The summed E-state index contributed by atoms with van der Waals surface area (Å²) < 4.78 is 0. The van der Waals surface area contributed by atoms with Crippen LogP contribution in [0.4, 0.5) is 4.79 Å². The number of hydrogen-bond donors (Lipinski definition) is 3. The number of carboxylic acids is 1. The molecule has 1 saturated heterocycles. The number of carboxylic acid groups (broad SMARTS) is 1. The van der Waals surface area contributed by atoms with Gasteiger partial charge in [0.05, 0.1) is 5.88 Å². The lowest BCUT2D eigenvalue weighted by Crippen LogP contribution is -2.58. The van der Waals surface area contributed by atoms with Crippen LogP contribution < -0.4 is 11.1 Å². The van der Waals surface area contributed by atoms with E-state index < -0.39 is 29.5 Å². The number of primary amides is 1. The van der Waals surface area contributed by atoms with E-state index in [4.69, 9.17) is 10.8 Å². The number of thioether (sulfide) groups is 1. The molecule has 0 saturated carbocycles. The molecule has 8 heteroatoms. The molecule has 0 aromatic carbocycles. The highest BCUT2D eigenvalue weighted by Gasteiger charge is 2.37. The molecule has 17 heavy (non-hydrogen) atoms. The van der Waals surface area contributed by atoms with E-state index in [0.717, 1.165) is 0 Å². The fraction of sp³-hybridized carbons (Fsp3) is 0.667. The lowest BCUT2D eigenvalue weighted by molar-refractivity contribution is -0.140. The van der Waals surface area contributed by atoms with Crippen molar-refractivity contribution in [3.63, 3.8) is 0 Å². The van der Waals surface area contributed by atoms with Crippen LogP contribution in [0.2, 0.25) is 0 Å². The summed E-state index contributed by atoms with van der Waals surface area (Å²) in [5.74, 6) is -1.09. The number of carbonyl (C=O) groups is 3. The van der Waals surface area contributed by atoms with E-state index in [0.29, 0.717) is 5.75 Å². The van der Waals surface area contributed by atoms with E-state index in [1.165, 1.54) is 30.5 Å². The van der Waals surface area contributed by atoms with E-state index in [1.54, 1.807) is 0 Å². The van der Waals surface area contributed by atoms with Crippen LogP contribution in [0.5, 0.6) is 0 Å². The Kier molecular flexibility index (Phi) is 3.87. The topological polar surface area (TPSA) is 113 Å². The first kappa shape index (κ1) is 13.6. The molecule has 7 nitrogen and oxygen atoms in total. The van der Waals surface area contributed by atoms with Crippen molar-refractivity contribution in [1.82, 2.24) is 10.2 Å². The Bertz CT molecular complexity index is 358. The molecule has 0 spiro atoms. The highest BCUT2D eigenvalue weighted by molar-refractivity contribution is 7.99. The van der Waals surface area contributed by atoms with Gasteiger partial charge in [-0.15, -0.1) is 11.8 Å². The summed E-state index contributed by atoms with van der Waals surface area (Å²) in [6, 6.07) is -1.45. The molecule has 0 aromatic heterocycles. The van der Waals surface area contributed by atoms with Gasteiger partial charge in [0, 0.05) is 5.75 Å². The second-order valence-corrected chi connectivity index (χ2v) is 5.24. The van der Waals surface area contributed by atoms with E-state index in [2.05, 4.69) is 5.32 Å². The van der Waals surface area contributed by atoms with Gasteiger partial charge in [-0.2, -0.15) is 0 Å². The molecule has 3 amide bonds. The Morgan fingerprint density at radius 3 is 2.53 bits per heavy atom. The molecule has 0 radical (unpaired) electrons. The number of hydrogen-bond acceptors (Lipinski definition) is 4. The molecule has 0 aromatic rings. The number of amides is 3. The third kappa shape index (κ3) is 3.02. The van der Waals surface area contributed by atoms with Crippen LogP contribution in [-0.2, 0) is 9.59 Å². The number of carbonyl (C=O) groups excluding carboxylic acids is 2. The van der Waals surface area contributed by atoms with Crippen LogP contribution >= 0.6 is 11.8 Å². The zero-order chi connectivity index (χ0) is 13.2. The lowest BCUT2D eigenvalue weighted by Gasteiger charge is -2.27. The Hall–Kier alpha value is -1.44. The van der Waals surface area contributed by atoms with E-state index in [9.17, 15) is 14.4 Å². The largest absolute Gasteiger partial charge is 0.480 e. The standard InChI is InChI=1S/C9H15N3O4S/c1-9(2,7(10)15)11-8(16)12-4-17-3-5(12)6(13)14/h5H,3-4H2,1-2H3,(H2,10,15)(H,11,16)(H,13,14). The minimum atomic E-state index is -1.20. The number of nitrogens with zero attached hydrogens (tertiary/aromatic N) is 1. The Labute approximate surface area is 103 Å². The minimum Gasteiger partial charge on any atom is -0.480 e. The fourth-order valence-electron chi connectivity index (χ4n) is 1.25. The molecular weight excluding hydrogens is 246 g/mol. The summed E-state index contributed by atoms with van der Waals surface area (Å²) in [5.41, 5.74) is 3.92. The van der Waals surface area contributed by atoms with E-state index in [-0.39, 0.29) is 5.88 Å². The molecule has 1 aliphatic heterocycles. The predicted molar refractivity (Wildman–Crippen MR) is 62.4 cm³/mol. The first-order valence-electron chi connectivity index (χ1n) is 4.95. The van der Waals surface area contributed by atoms with Crippen molar-refractivity contribution in [2.75, 3.05) is 11.6 Å². The summed E-state index contributed by atoms with van der Waals surface area (Å²) in [4.78, 5) is 34.9. The van der Waals surface area contributed by atoms with Crippen LogP contribution in [-0.4, -0.2) is 51.1 Å². The number of urea groups is 1. The molecule has 1 atom stereocenters. The molecule has 1 rings (SSSR count). The highest BCUT2D eigenvalue weighted by atomic mass is 32.2. The van der Waals surface area contributed by atoms with Crippen molar-refractivity contribution < 1.29 is 19.5 Å². The lowest BCUT2D eigenvalue weighted by atomic mass is 10.1. The van der Waals surface area contributed by atoms with Crippen molar-refractivity contribution in [3.05, 3.63) is 0 Å². The highest BCUT2D eigenvalue weighted by Crippen LogP contribution is 2.21. The van der Waals surface area contributed by atoms with Gasteiger partial charge in [-0.25, -0.2) is 9.59 Å². The van der Waals surface area contributed by atoms with Gasteiger partial charge in [0.15, 0.2) is 0 Å². The molecule has 0 aliphatic carbocycles. The van der Waals surface area contributed by atoms with Crippen molar-refractivity contribution >= 4 is 29.7 Å². The summed E-state index contributed by atoms with van der Waals surface area (Å²) in [6.07, 6.45) is 0. The first-order valence-corrected chi connectivity index (χ1v) is 6.10. The Balaban J connectivity index is 2.71. The molecule has 1 heterocycles. The summed E-state index contributed by atoms with van der Waals surface area (Å²) in [7, 11) is 0. The molecule has 96 valence electrons. The second-order valence-electron chi connectivity index (χ2n) is 4.24. The average molecular weight is 261 g/mol. The second kappa shape index (κ2) is 4.82. The third-order valence-corrected chi connectivity index (χ3v) is 3.48. The predicted octanol–water partition coefficient (Wildman–Crippen LogP) is -0.581. The van der Waals surface area contributed by atoms with Crippen molar-refractivity contribution in [1.29, 1.82) is 0 Å². The van der Waals surface area contributed by atoms with Crippen molar-refractivity contribution in [2.24, 2.45) is 5.73 Å². The van der Waals surface area contributed by atoms with Gasteiger partial charge in [-0.1, -0.05) is 0 Å². The van der Waals surface area contributed by atoms with Gasteiger partial charge in [-0.3, -0.25) is 4.79 Å². The molecule has 1 unspecified atom stereocenters. The van der Waals surface area contributed by atoms with E-state index >= 15 is 0 Å². The fourth-order valence-corrected chi connectivity index (χ4v) is 2.39. The third-order valence-electron chi connectivity index (χ3n) is 2.46. The summed E-state index contributed by atoms with van der Waals surface area (Å²) >= 11 is 1.35. The Morgan fingerprint density at radius 2 is 2.06 bits per heavy atom. The molecule has 4 N–H and O–H groups in total. The van der Waals surface area contributed by atoms with Crippen LogP contribution in [0.3, 0.4) is 0 Å². The first-order chi connectivity index (χ1) is 7.75. The maximum Gasteiger partial charge on any atom is 0.327 e. The van der Waals surface area contributed by atoms with Gasteiger partial charge in [0.2, 0.25) is 5.91 Å². The van der Waals surface area contributed by atoms with Gasteiger partial charge in [0.1, 0.15) is 11.6 Å². The average Bonchev–Trinajstić information content (AvgIpc) is 2.64. The summed E-state index contributed by atoms with van der Waals surface area (Å²) in [5, 5.41) is 11.3. The van der Waals surface area contributed by atoms with Crippen molar-refractivity contribution in [3.8, 4) is 0 Å². The molecule has 0 bridgehead atoms. The zero-order valence-electron chi connectivity index (χ0n) is 9.60. The molecular formula is C9H15N3O4S. The zero-order valence-corrected chi connectivity index (χ0v) is 10.4. The quantitative estimate of drug-likeness (QED) is 0.629. The van der Waals surface area contributed by atoms with Crippen LogP contribution in [0, 0.1) is 0 Å². The maximum atomic E-state index is 11.8. The summed E-state index contributed by atoms with van der Waals surface area (Å²) in [6.45, 7) is 2.93. The van der Waals surface area contributed by atoms with Crippen LogP contribution in [0.15, 0.2) is 0 Å². The number of nitrogens with one attached hydrogen (secondary N) is 1. The SMILES string of the molecule is CC(C)(NC(=O)N1CSCC1C(=O)O)C(N)=O. The normalized spacial score (nSPS) is 20.1. The smallest absolute Gasteiger partial charge is 0.327 e. The minimum absolute atomic E-state index is 0.289. The van der Waals surface area contributed by atoms with Crippen LogP contribution in [0.25, 0.3) is 0 Å². The van der Waals surface area contributed by atoms with E-state index in [1.807, 2.05) is 0 Å².